The molecule has 0 heterocycles. The maximum absolute atomic E-state index is 12.8. The molecule has 0 bridgehead atoms. The molecule has 1 aliphatic carbocycles. The van der Waals surface area contributed by atoms with E-state index in [0.29, 0.717) is 15.6 Å². The van der Waals surface area contributed by atoms with Gasteiger partial charge in [-0.3, -0.25) is 0 Å². The van der Waals surface area contributed by atoms with E-state index < -0.39 is 5.41 Å². The normalized spacial score (nSPS) is 14.3. The van der Waals surface area contributed by atoms with Gasteiger partial charge in [0.05, 0.1) is 24.0 Å². The molecule has 0 spiro atoms. The van der Waals surface area contributed by atoms with E-state index >= 15 is 0 Å². The third-order valence-corrected chi connectivity index (χ3v) is 4.82. The molecule has 2 aromatic rings. The lowest BCUT2D eigenvalue weighted by molar-refractivity contribution is 0.324. The third-order valence-electron chi connectivity index (χ3n) is 4.15. The van der Waals surface area contributed by atoms with E-state index in [1.54, 1.807) is 6.07 Å². The topological polar surface area (TPSA) is 47.6 Å². The van der Waals surface area contributed by atoms with Crippen LogP contribution < -0.4 is 0 Å². The van der Waals surface area contributed by atoms with Crippen molar-refractivity contribution in [3.8, 4) is 12.1 Å². The van der Waals surface area contributed by atoms with Crippen LogP contribution in [0, 0.1) is 34.3 Å². The highest BCUT2D eigenvalue weighted by molar-refractivity contribution is 6.31. The van der Waals surface area contributed by atoms with Gasteiger partial charge in [-0.15, -0.1) is 0 Å². The van der Waals surface area contributed by atoms with Crippen LogP contribution in [-0.4, -0.2) is 0 Å². The number of rotatable bonds is 2. The maximum atomic E-state index is 12.8. The van der Waals surface area contributed by atoms with Crippen molar-refractivity contribution < 1.29 is 8.78 Å². The SMILES string of the molecule is N#CC1(c2ccc(F)cc2Cl)CCC1.N#CCc1ccc(F)cc1Cl. The number of hydrogen-bond acceptors (Lipinski definition) is 2. The molecule has 0 aliphatic heterocycles. The van der Waals surface area contributed by atoms with E-state index in [1.165, 1.54) is 30.3 Å². The van der Waals surface area contributed by atoms with Gasteiger partial charge in [-0.2, -0.15) is 10.5 Å². The maximum Gasteiger partial charge on any atom is 0.124 e. The molecule has 0 atom stereocenters. The molecule has 0 saturated heterocycles. The van der Waals surface area contributed by atoms with E-state index in [4.69, 9.17) is 33.7 Å². The van der Waals surface area contributed by atoms with Crippen molar-refractivity contribution in [2.75, 3.05) is 0 Å². The van der Waals surface area contributed by atoms with Gasteiger partial charge in [0.25, 0.3) is 0 Å². The van der Waals surface area contributed by atoms with E-state index in [0.717, 1.165) is 24.8 Å². The lowest BCUT2D eigenvalue weighted by Crippen LogP contribution is -2.32. The van der Waals surface area contributed by atoms with Gasteiger partial charge >= 0.3 is 0 Å². The van der Waals surface area contributed by atoms with Gasteiger partial charge in [0.1, 0.15) is 11.6 Å². The summed E-state index contributed by atoms with van der Waals surface area (Å²) in [6.45, 7) is 0. The number of benzene rings is 2. The second-order valence-electron chi connectivity index (χ2n) is 5.74. The van der Waals surface area contributed by atoms with E-state index in [2.05, 4.69) is 6.07 Å². The van der Waals surface area contributed by atoms with Crippen molar-refractivity contribution >= 4 is 23.2 Å². The van der Waals surface area contributed by atoms with Crippen LogP contribution in [0.4, 0.5) is 8.78 Å². The van der Waals surface area contributed by atoms with Crippen LogP contribution in [0.15, 0.2) is 36.4 Å². The average Bonchev–Trinajstić information content (AvgIpc) is 2.52. The first-order valence-corrected chi connectivity index (χ1v) is 8.35. The predicted octanol–water partition coefficient (Wildman–Crippen LogP) is 5.97. The zero-order chi connectivity index (χ0) is 18.4. The molecule has 25 heavy (non-hydrogen) atoms. The van der Waals surface area contributed by atoms with Crippen molar-refractivity contribution in [3.05, 3.63) is 69.2 Å². The Balaban J connectivity index is 0.000000186. The first-order valence-electron chi connectivity index (χ1n) is 7.59. The first kappa shape index (κ1) is 19.2. The molecule has 128 valence electrons. The Kier molecular flexibility index (Phi) is 6.37. The van der Waals surface area contributed by atoms with E-state index in [1.807, 2.05) is 6.07 Å². The van der Waals surface area contributed by atoms with Crippen LogP contribution >= 0.6 is 23.2 Å². The summed E-state index contributed by atoms with van der Waals surface area (Å²) in [6.07, 6.45) is 2.92. The molecule has 0 unspecified atom stereocenters. The Hall–Kier alpha value is -2.14. The minimum absolute atomic E-state index is 0.221. The highest BCUT2D eigenvalue weighted by atomic mass is 35.5. The van der Waals surface area contributed by atoms with Gasteiger partial charge in [0.2, 0.25) is 0 Å². The summed E-state index contributed by atoms with van der Waals surface area (Å²) in [4.78, 5) is 0. The number of nitrogens with zero attached hydrogens (tertiary/aromatic N) is 2. The highest BCUT2D eigenvalue weighted by Crippen LogP contribution is 2.45. The largest absolute Gasteiger partial charge is 0.207 e. The summed E-state index contributed by atoms with van der Waals surface area (Å²) in [7, 11) is 0. The fraction of sp³-hybridized carbons (Fsp3) is 0.263. The van der Waals surface area contributed by atoms with Gasteiger partial charge < -0.3 is 0 Å². The molecule has 3 rings (SSSR count). The zero-order valence-electron chi connectivity index (χ0n) is 13.2. The molecular formula is C19H14Cl2F2N2. The zero-order valence-corrected chi connectivity index (χ0v) is 14.7. The van der Waals surface area contributed by atoms with Gasteiger partial charge in [-0.25, -0.2) is 8.78 Å². The molecule has 0 amide bonds. The molecule has 0 N–H and O–H groups in total. The number of nitriles is 2. The monoisotopic (exact) mass is 378 g/mol. The second kappa shape index (κ2) is 8.30. The minimum atomic E-state index is -0.454. The van der Waals surface area contributed by atoms with Crippen LogP contribution in [-0.2, 0) is 11.8 Å². The lowest BCUT2D eigenvalue weighted by Gasteiger charge is -2.36. The molecule has 0 radical (unpaired) electrons. The standard InChI is InChI=1S/C11H9ClFN.C8H5ClFN/c12-10-6-8(13)2-3-9(10)11(7-14)4-1-5-11;9-8-5-7(10)2-1-6(8)3-4-11/h2-3,6H,1,4-5H2;1-2,5H,3H2. The van der Waals surface area contributed by atoms with Gasteiger partial charge in [-0.05, 0) is 54.7 Å². The van der Waals surface area contributed by atoms with Crippen LogP contribution in [0.5, 0.6) is 0 Å². The van der Waals surface area contributed by atoms with Gasteiger partial charge in [-0.1, -0.05) is 35.3 Å². The van der Waals surface area contributed by atoms with Crippen LogP contribution in [0.3, 0.4) is 0 Å². The van der Waals surface area contributed by atoms with Gasteiger partial charge in [0, 0.05) is 10.0 Å². The molecular weight excluding hydrogens is 365 g/mol. The predicted molar refractivity (Wildman–Crippen MR) is 93.3 cm³/mol. The van der Waals surface area contributed by atoms with Crippen molar-refractivity contribution in [2.24, 2.45) is 0 Å². The first-order chi connectivity index (χ1) is 11.9. The average molecular weight is 379 g/mol. The molecule has 1 fully saturated rings. The Morgan fingerprint density at radius 2 is 1.56 bits per heavy atom. The Morgan fingerprint density at radius 1 is 0.960 bits per heavy atom. The third kappa shape index (κ3) is 4.48. The summed E-state index contributed by atoms with van der Waals surface area (Å²) in [5.41, 5.74) is 0.981. The Labute approximate surface area is 155 Å². The molecule has 2 nitrogen and oxygen atoms in total. The smallest absolute Gasteiger partial charge is 0.124 e. The molecule has 1 aliphatic rings. The summed E-state index contributed by atoms with van der Waals surface area (Å²) in [5.74, 6) is -0.733. The van der Waals surface area contributed by atoms with Crippen LogP contribution in [0.1, 0.15) is 30.4 Å². The van der Waals surface area contributed by atoms with Gasteiger partial charge in [0.15, 0.2) is 0 Å². The fourth-order valence-electron chi connectivity index (χ4n) is 2.60. The molecule has 1 saturated carbocycles. The fourth-order valence-corrected chi connectivity index (χ4v) is 3.18. The van der Waals surface area contributed by atoms with Crippen molar-refractivity contribution in [3.63, 3.8) is 0 Å². The van der Waals surface area contributed by atoms with Crippen LogP contribution in [0.25, 0.3) is 0 Å². The second-order valence-corrected chi connectivity index (χ2v) is 6.56. The van der Waals surface area contributed by atoms with Crippen molar-refractivity contribution in [1.82, 2.24) is 0 Å². The van der Waals surface area contributed by atoms with E-state index in [9.17, 15) is 8.78 Å². The van der Waals surface area contributed by atoms with Crippen molar-refractivity contribution in [2.45, 2.75) is 31.1 Å². The van der Waals surface area contributed by atoms with Crippen LogP contribution in [0.2, 0.25) is 10.0 Å². The number of halogens is 4. The summed E-state index contributed by atoms with van der Waals surface area (Å²) >= 11 is 11.5. The van der Waals surface area contributed by atoms with Crippen molar-refractivity contribution in [1.29, 1.82) is 10.5 Å². The highest BCUT2D eigenvalue weighted by Gasteiger charge is 2.40. The van der Waals surface area contributed by atoms with E-state index in [-0.39, 0.29) is 18.1 Å². The Morgan fingerprint density at radius 3 is 2.00 bits per heavy atom. The molecule has 0 aromatic heterocycles. The quantitative estimate of drug-likeness (QED) is 0.645. The Bertz CT molecular complexity index is 849. The summed E-state index contributed by atoms with van der Waals surface area (Å²) in [6, 6.07) is 12.5. The lowest BCUT2D eigenvalue weighted by atomic mass is 9.65. The summed E-state index contributed by atoms with van der Waals surface area (Å²) < 4.78 is 25.2. The minimum Gasteiger partial charge on any atom is -0.207 e. The molecule has 6 heteroatoms. The molecule has 2 aromatic carbocycles. The number of hydrogen-bond donors (Lipinski definition) is 0. The summed E-state index contributed by atoms with van der Waals surface area (Å²) in [5, 5.41) is 18.1.